The molecule has 6 nitrogen and oxygen atoms in total. The first-order chi connectivity index (χ1) is 19.7. The number of anilines is 2. The Labute approximate surface area is 252 Å². The van der Waals surface area contributed by atoms with Gasteiger partial charge in [0, 0.05) is 17.0 Å². The van der Waals surface area contributed by atoms with Crippen LogP contribution in [0.1, 0.15) is 52.0 Å². The van der Waals surface area contributed by atoms with E-state index in [1.807, 2.05) is 30.3 Å². The predicted octanol–water partition coefficient (Wildman–Crippen LogP) is 8.23. The average Bonchev–Trinajstić information content (AvgIpc) is 3.36. The van der Waals surface area contributed by atoms with E-state index in [0.29, 0.717) is 28.1 Å². The summed E-state index contributed by atoms with van der Waals surface area (Å²) in [5, 5.41) is 0.577. The van der Waals surface area contributed by atoms with E-state index in [9.17, 15) is 8.42 Å². The summed E-state index contributed by atoms with van der Waals surface area (Å²) in [6.07, 6.45) is 4.70. The van der Waals surface area contributed by atoms with Crippen molar-refractivity contribution in [2.75, 3.05) is 21.8 Å². The zero-order chi connectivity index (χ0) is 28.8. The van der Waals surface area contributed by atoms with E-state index in [0.717, 1.165) is 59.6 Å². The maximum Gasteiger partial charge on any atom is 0.196 e. The molecule has 4 bridgehead atoms. The lowest BCUT2D eigenvalue weighted by atomic mass is 9.93. The van der Waals surface area contributed by atoms with Gasteiger partial charge in [-0.3, -0.25) is 4.72 Å². The van der Waals surface area contributed by atoms with Crippen molar-refractivity contribution in [1.29, 1.82) is 0 Å². The van der Waals surface area contributed by atoms with Crippen LogP contribution in [0.25, 0.3) is 21.7 Å². The summed E-state index contributed by atoms with van der Waals surface area (Å²) in [5.41, 5.74) is 5.08. The Morgan fingerprint density at radius 2 is 1.76 bits per heavy atom. The maximum atomic E-state index is 13.4. The molecule has 1 aliphatic rings. The minimum Gasteiger partial charge on any atom is -0.494 e. The largest absolute Gasteiger partial charge is 0.494 e. The molecule has 0 saturated carbocycles. The molecule has 1 aromatic heterocycles. The predicted molar refractivity (Wildman–Crippen MR) is 173 cm³/mol. The second kappa shape index (κ2) is 13.3. The molecule has 0 fully saturated rings. The molecule has 2 N–H and O–H groups in total. The van der Waals surface area contributed by atoms with Crippen LogP contribution in [0.3, 0.4) is 0 Å². The van der Waals surface area contributed by atoms with E-state index in [1.165, 1.54) is 16.9 Å². The van der Waals surface area contributed by atoms with Crippen LogP contribution in [0.15, 0.2) is 77.7 Å². The fourth-order valence-corrected chi connectivity index (χ4v) is 7.57. The number of nitrogens with zero attached hydrogens (tertiary/aromatic N) is 1. The number of nitrogens with one attached hydrogen (secondary N) is 2. The second-order valence-electron chi connectivity index (χ2n) is 11.4. The van der Waals surface area contributed by atoms with Crippen LogP contribution in [-0.4, -0.2) is 25.8 Å². The van der Waals surface area contributed by atoms with Crippen molar-refractivity contribution in [1.82, 2.24) is 4.98 Å². The number of hydrogen-bond donors (Lipinski definition) is 2. The first-order valence-corrected chi connectivity index (χ1v) is 17.3. The van der Waals surface area contributed by atoms with Gasteiger partial charge in [-0.25, -0.2) is 13.4 Å². The number of ether oxygens (including phenoxy) is 1. The monoisotopic (exact) mass is 607 g/mol. The first-order valence-electron chi connectivity index (χ1n) is 14.0. The molecule has 2 unspecified atom stereocenters. The molecule has 0 spiro atoms. The minimum absolute atomic E-state index is 0.202. The van der Waals surface area contributed by atoms with Gasteiger partial charge in [0.1, 0.15) is 16.7 Å². The smallest absolute Gasteiger partial charge is 0.196 e. The normalized spacial score (nSPS) is 17.9. The number of aryl methyl sites for hydroxylation is 1. The second-order valence-corrected chi connectivity index (χ2v) is 14.9. The lowest BCUT2D eigenvalue weighted by Crippen LogP contribution is -2.11. The van der Waals surface area contributed by atoms with Crippen molar-refractivity contribution in [2.45, 2.75) is 57.8 Å². The zero-order valence-electron chi connectivity index (χ0n) is 23.8. The molecule has 1 aliphatic heterocycles. The van der Waals surface area contributed by atoms with Gasteiger partial charge in [-0.15, -0.1) is 0 Å². The van der Waals surface area contributed by atoms with Crippen LogP contribution in [0.2, 0.25) is 0 Å². The van der Waals surface area contributed by atoms with E-state index in [4.69, 9.17) is 9.72 Å². The van der Waals surface area contributed by atoms with E-state index in [1.54, 1.807) is 12.1 Å². The number of aromatic nitrogens is 1. The first kappa shape index (κ1) is 29.5. The highest BCUT2D eigenvalue weighted by Crippen LogP contribution is 2.42. The van der Waals surface area contributed by atoms with Gasteiger partial charge in [0.15, 0.2) is 16.1 Å². The fourth-order valence-electron chi connectivity index (χ4n) is 4.63. The van der Waals surface area contributed by atoms with E-state index in [-0.39, 0.29) is 5.41 Å². The van der Waals surface area contributed by atoms with Crippen molar-refractivity contribution in [2.24, 2.45) is 5.41 Å². The summed E-state index contributed by atoms with van der Waals surface area (Å²) < 4.78 is 38.3. The molecule has 3 aromatic carbocycles. The van der Waals surface area contributed by atoms with Gasteiger partial charge in [0.05, 0.1) is 22.1 Å². The molecule has 0 saturated heterocycles. The van der Waals surface area contributed by atoms with Crippen LogP contribution < -0.4 is 14.2 Å². The Bertz CT molecular complexity index is 1540. The van der Waals surface area contributed by atoms with Crippen molar-refractivity contribution in [3.05, 3.63) is 78.4 Å². The summed E-state index contributed by atoms with van der Waals surface area (Å²) in [6.45, 7) is 7.29. The number of rotatable bonds is 4. The summed E-state index contributed by atoms with van der Waals surface area (Å²) in [6, 6.07) is 23.8. The number of hydrogen-bond acceptors (Lipinski definition) is 5. The highest BCUT2D eigenvalue weighted by molar-refractivity contribution is 7.87. The average molecular weight is 608 g/mol. The van der Waals surface area contributed by atoms with Gasteiger partial charge in [-0.1, -0.05) is 81.0 Å². The van der Waals surface area contributed by atoms with Gasteiger partial charge >= 0.3 is 0 Å². The molecular weight excluding hydrogens is 571 g/mol. The molecule has 2 atom stereocenters. The van der Waals surface area contributed by atoms with Crippen LogP contribution in [0.4, 0.5) is 10.8 Å². The molecule has 5 rings (SSSR count). The molecule has 0 aliphatic carbocycles. The van der Waals surface area contributed by atoms with Crippen LogP contribution >= 0.6 is 11.3 Å². The van der Waals surface area contributed by atoms with Gasteiger partial charge in [0.2, 0.25) is 0 Å². The van der Waals surface area contributed by atoms with E-state index in [2.05, 4.69) is 60.5 Å². The number of fused-ring (bicyclic) bond motifs is 6. The van der Waals surface area contributed by atoms with Crippen molar-refractivity contribution < 1.29 is 13.2 Å². The van der Waals surface area contributed by atoms with Gasteiger partial charge in [-0.2, -0.15) is 0 Å². The molecule has 2 heterocycles. The topological polar surface area (TPSA) is 80.3 Å². The quantitative estimate of drug-likeness (QED) is 0.245. The minimum atomic E-state index is -1.55. The summed E-state index contributed by atoms with van der Waals surface area (Å²) in [4.78, 5) is 6.60. The van der Waals surface area contributed by atoms with Crippen molar-refractivity contribution >= 4 is 44.1 Å². The van der Waals surface area contributed by atoms with Crippen molar-refractivity contribution in [3.8, 4) is 27.4 Å². The standard InChI is InChI=1S/C32H37N3O3S3/c1-32(2,3)18-19-38-26-15-9-13-24(21-26)30-29-28-17-7-6-12-23(28)11-5-4-8-20-40(36)34-25-14-10-16-27(22-25)41(37)35-31(33-29)39-30/h6-7,9-10,12-17,21-22,34H,4-5,8,11,18-20H2,1-3H3,(H,33,35). The lowest BCUT2D eigenvalue weighted by Gasteiger charge is -2.18. The molecule has 4 aromatic rings. The van der Waals surface area contributed by atoms with Gasteiger partial charge in [-0.05, 0) is 72.6 Å². The summed E-state index contributed by atoms with van der Waals surface area (Å²) >= 11 is 1.49. The zero-order valence-corrected chi connectivity index (χ0v) is 26.2. The Balaban J connectivity index is 1.53. The highest BCUT2D eigenvalue weighted by Gasteiger charge is 2.20. The Hall–Kier alpha value is -3.01. The molecule has 0 amide bonds. The molecular formula is C32H37N3O3S3. The molecule has 9 heteroatoms. The third-order valence-corrected chi connectivity index (χ3v) is 10.2. The fraction of sp³-hybridized carbons (Fsp3) is 0.344. The number of benzene rings is 3. The van der Waals surface area contributed by atoms with Crippen LogP contribution in [0.5, 0.6) is 5.75 Å². The third-order valence-electron chi connectivity index (χ3n) is 6.85. The van der Waals surface area contributed by atoms with Gasteiger partial charge < -0.3 is 9.46 Å². The SMILES string of the molecule is CC(C)(C)CCOc1cccc(-c2sc3nc2-c2ccccc2CCCCCS(=O)Nc2cccc(c2)S(=O)N3)c1. The summed E-state index contributed by atoms with van der Waals surface area (Å²) in [5.74, 6) is 1.40. The molecule has 0 radical (unpaired) electrons. The van der Waals surface area contributed by atoms with Crippen LogP contribution in [-0.2, 0) is 28.4 Å². The van der Waals surface area contributed by atoms with Crippen molar-refractivity contribution in [3.63, 3.8) is 0 Å². The maximum absolute atomic E-state index is 13.4. The van der Waals surface area contributed by atoms with E-state index >= 15 is 0 Å². The number of thiazole rings is 1. The molecule has 41 heavy (non-hydrogen) atoms. The Morgan fingerprint density at radius 3 is 2.61 bits per heavy atom. The highest BCUT2D eigenvalue weighted by atomic mass is 32.2. The Kier molecular flexibility index (Phi) is 9.57. The summed E-state index contributed by atoms with van der Waals surface area (Å²) in [7, 11) is -2.74. The van der Waals surface area contributed by atoms with E-state index < -0.39 is 22.0 Å². The Morgan fingerprint density at radius 1 is 0.927 bits per heavy atom. The van der Waals surface area contributed by atoms with Gasteiger partial charge in [0.25, 0.3) is 0 Å². The van der Waals surface area contributed by atoms with Crippen LogP contribution in [0, 0.1) is 5.41 Å². The third kappa shape index (κ3) is 8.05. The molecule has 216 valence electrons. The lowest BCUT2D eigenvalue weighted by molar-refractivity contribution is 0.243.